The lowest BCUT2D eigenvalue weighted by molar-refractivity contribution is -0.137. The molecular formula is C26H22F6N2O4S. The van der Waals surface area contributed by atoms with Gasteiger partial charge in [0.1, 0.15) is 22.9 Å². The highest BCUT2D eigenvalue weighted by Gasteiger charge is 2.45. The van der Waals surface area contributed by atoms with Crippen molar-refractivity contribution in [3.8, 4) is 22.6 Å². The smallest absolute Gasteiger partial charge is 0.416 e. The van der Waals surface area contributed by atoms with Crippen molar-refractivity contribution in [2.75, 3.05) is 23.9 Å². The van der Waals surface area contributed by atoms with Gasteiger partial charge in [-0.2, -0.15) is 22.0 Å². The molecule has 2 aliphatic rings. The fourth-order valence-corrected chi connectivity index (χ4v) is 6.40. The van der Waals surface area contributed by atoms with Gasteiger partial charge in [-0.3, -0.25) is 4.31 Å². The number of fused-ring (bicyclic) bond motifs is 1. The number of alkyl halides is 5. The zero-order valence-electron chi connectivity index (χ0n) is 20.1. The molecule has 0 bridgehead atoms. The molecule has 5 rings (SSSR count). The molecular weight excluding hydrogens is 550 g/mol. The summed E-state index contributed by atoms with van der Waals surface area (Å²) in [7, 11) is -4.53. The lowest BCUT2D eigenvalue weighted by Gasteiger charge is -2.46. The van der Waals surface area contributed by atoms with Gasteiger partial charge in [0.15, 0.2) is 0 Å². The van der Waals surface area contributed by atoms with Crippen LogP contribution in [0.15, 0.2) is 65.6 Å². The fourth-order valence-electron chi connectivity index (χ4n) is 4.81. The standard InChI is InChI=1S/C26H22F6N2O4S/c27-19-10-17(11-20(14-19)37-24(28)29)16-4-5-23-22(12-16)34(15-25(38-23)6-8-33-9-7-25)39(35,36)21-3-1-2-18(13-21)26(30,31)32/h1-5,10-14,24,33H,6-9,15H2. The van der Waals surface area contributed by atoms with Crippen LogP contribution >= 0.6 is 0 Å². The molecule has 3 aromatic rings. The molecule has 3 aromatic carbocycles. The summed E-state index contributed by atoms with van der Waals surface area (Å²) in [6.07, 6.45) is -3.87. The van der Waals surface area contributed by atoms with Gasteiger partial charge in [0.2, 0.25) is 0 Å². The molecule has 6 nitrogen and oxygen atoms in total. The van der Waals surface area contributed by atoms with E-state index in [2.05, 4.69) is 10.1 Å². The molecule has 0 amide bonds. The number of hydrogen-bond donors (Lipinski definition) is 1. The molecule has 1 spiro atoms. The van der Waals surface area contributed by atoms with E-state index in [-0.39, 0.29) is 29.1 Å². The largest absolute Gasteiger partial charge is 0.483 e. The van der Waals surface area contributed by atoms with E-state index in [1.807, 2.05) is 0 Å². The van der Waals surface area contributed by atoms with Crippen molar-refractivity contribution in [3.63, 3.8) is 0 Å². The van der Waals surface area contributed by atoms with Gasteiger partial charge in [-0.25, -0.2) is 12.8 Å². The van der Waals surface area contributed by atoms with Crippen molar-refractivity contribution in [3.05, 3.63) is 72.0 Å². The van der Waals surface area contributed by atoms with Crippen molar-refractivity contribution in [1.82, 2.24) is 5.32 Å². The van der Waals surface area contributed by atoms with Gasteiger partial charge in [0, 0.05) is 18.9 Å². The van der Waals surface area contributed by atoms with E-state index < -0.39 is 50.4 Å². The first-order chi connectivity index (χ1) is 18.4. The maximum Gasteiger partial charge on any atom is 0.416 e. The maximum absolute atomic E-state index is 14.2. The molecule has 0 atom stereocenters. The summed E-state index contributed by atoms with van der Waals surface area (Å²) in [6.45, 7) is -2.28. The van der Waals surface area contributed by atoms with E-state index in [0.29, 0.717) is 32.0 Å². The number of sulfonamides is 1. The topological polar surface area (TPSA) is 67.9 Å². The Bertz CT molecular complexity index is 1490. The number of rotatable bonds is 5. The Labute approximate surface area is 220 Å². The Hall–Kier alpha value is -3.45. The van der Waals surface area contributed by atoms with Crippen molar-refractivity contribution < 1.29 is 44.2 Å². The molecule has 0 unspecified atom stereocenters. The van der Waals surface area contributed by atoms with E-state index in [9.17, 15) is 34.8 Å². The lowest BCUT2D eigenvalue weighted by atomic mass is 9.90. The highest BCUT2D eigenvalue weighted by molar-refractivity contribution is 7.92. The highest BCUT2D eigenvalue weighted by Crippen LogP contribution is 2.45. The number of benzene rings is 3. The minimum Gasteiger partial charge on any atom is -0.483 e. The average molecular weight is 573 g/mol. The number of nitrogens with zero attached hydrogens (tertiary/aromatic N) is 1. The highest BCUT2D eigenvalue weighted by atomic mass is 32.2. The van der Waals surface area contributed by atoms with Crippen molar-refractivity contribution in [1.29, 1.82) is 0 Å². The predicted octanol–water partition coefficient (Wildman–Crippen LogP) is 5.82. The van der Waals surface area contributed by atoms with Crippen LogP contribution in [0.3, 0.4) is 0 Å². The molecule has 0 aromatic heterocycles. The molecule has 1 fully saturated rings. The van der Waals surface area contributed by atoms with Crippen LogP contribution in [-0.2, 0) is 16.2 Å². The average Bonchev–Trinajstić information content (AvgIpc) is 2.87. The molecule has 13 heteroatoms. The molecule has 0 saturated carbocycles. The Morgan fingerprint density at radius 1 is 0.974 bits per heavy atom. The summed E-state index contributed by atoms with van der Waals surface area (Å²) in [5.74, 6) is -1.13. The summed E-state index contributed by atoms with van der Waals surface area (Å²) in [5, 5.41) is 3.17. The number of ether oxygens (including phenoxy) is 2. The SMILES string of the molecule is O=S(=O)(c1cccc(C(F)(F)F)c1)N1CC2(CCNCC2)Oc2ccc(-c3cc(F)cc(OC(F)F)c3)cc21. The van der Waals surface area contributed by atoms with Crippen LogP contribution in [0.1, 0.15) is 18.4 Å². The number of hydrogen-bond acceptors (Lipinski definition) is 5. The molecule has 2 heterocycles. The van der Waals surface area contributed by atoms with E-state index in [4.69, 9.17) is 4.74 Å². The Morgan fingerprint density at radius 3 is 2.41 bits per heavy atom. The van der Waals surface area contributed by atoms with Gasteiger partial charge >= 0.3 is 12.8 Å². The second-order valence-corrected chi connectivity index (χ2v) is 11.2. The second-order valence-electron chi connectivity index (χ2n) is 9.31. The van der Waals surface area contributed by atoms with Crippen molar-refractivity contribution >= 4 is 15.7 Å². The summed E-state index contributed by atoms with van der Waals surface area (Å²) >= 11 is 0. The third-order valence-electron chi connectivity index (χ3n) is 6.68. The third-order valence-corrected chi connectivity index (χ3v) is 8.44. The van der Waals surface area contributed by atoms with Gasteiger partial charge in [-0.15, -0.1) is 0 Å². The Balaban J connectivity index is 1.63. The molecule has 208 valence electrons. The first-order valence-electron chi connectivity index (χ1n) is 11.9. The van der Waals surface area contributed by atoms with Gasteiger partial charge < -0.3 is 14.8 Å². The number of halogens is 6. The Kier molecular flexibility index (Phi) is 6.91. The Morgan fingerprint density at radius 2 is 1.72 bits per heavy atom. The molecule has 1 saturated heterocycles. The predicted molar refractivity (Wildman–Crippen MR) is 130 cm³/mol. The van der Waals surface area contributed by atoms with Crippen LogP contribution < -0.4 is 19.1 Å². The van der Waals surface area contributed by atoms with E-state index in [1.54, 1.807) is 0 Å². The molecule has 39 heavy (non-hydrogen) atoms. The normalized spacial score (nSPS) is 17.2. The minimum absolute atomic E-state index is 0.0228. The second kappa shape index (κ2) is 9.94. The van der Waals surface area contributed by atoms with Crippen molar-refractivity contribution in [2.24, 2.45) is 0 Å². The van der Waals surface area contributed by atoms with Gasteiger partial charge in [-0.05, 0) is 66.7 Å². The van der Waals surface area contributed by atoms with Crippen LogP contribution in [0.5, 0.6) is 11.5 Å². The van der Waals surface area contributed by atoms with Crippen molar-refractivity contribution in [2.45, 2.75) is 36.1 Å². The summed E-state index contributed by atoms with van der Waals surface area (Å²) in [5.41, 5.74) is -1.65. The maximum atomic E-state index is 14.2. The quantitative estimate of drug-likeness (QED) is 0.390. The van der Waals surface area contributed by atoms with Crippen LogP contribution in [0.2, 0.25) is 0 Å². The van der Waals surface area contributed by atoms with Gasteiger partial charge in [0.25, 0.3) is 10.0 Å². The fraction of sp³-hybridized carbons (Fsp3) is 0.308. The van der Waals surface area contributed by atoms with Crippen LogP contribution in [0, 0.1) is 5.82 Å². The van der Waals surface area contributed by atoms with E-state index in [0.717, 1.165) is 34.6 Å². The number of nitrogens with one attached hydrogen (secondary N) is 1. The molecule has 2 aliphatic heterocycles. The minimum atomic E-state index is -4.76. The van der Waals surface area contributed by atoms with E-state index in [1.165, 1.54) is 24.3 Å². The molecule has 1 N–H and O–H groups in total. The van der Waals surface area contributed by atoms with Gasteiger partial charge in [-0.1, -0.05) is 12.1 Å². The summed E-state index contributed by atoms with van der Waals surface area (Å²) < 4.78 is 119. The summed E-state index contributed by atoms with van der Waals surface area (Å²) in [4.78, 5) is -0.557. The third kappa shape index (κ3) is 5.50. The summed E-state index contributed by atoms with van der Waals surface area (Å²) in [6, 6.07) is 10.8. The van der Waals surface area contributed by atoms with Crippen LogP contribution in [0.4, 0.5) is 32.0 Å². The number of anilines is 1. The molecule has 0 radical (unpaired) electrons. The number of piperidine rings is 1. The van der Waals surface area contributed by atoms with E-state index >= 15 is 0 Å². The zero-order valence-corrected chi connectivity index (χ0v) is 21.0. The first kappa shape index (κ1) is 27.1. The molecule has 0 aliphatic carbocycles. The lowest BCUT2D eigenvalue weighted by Crippen LogP contribution is -2.57. The van der Waals surface area contributed by atoms with Crippen LogP contribution in [0.25, 0.3) is 11.1 Å². The monoisotopic (exact) mass is 572 g/mol. The first-order valence-corrected chi connectivity index (χ1v) is 13.3. The van der Waals surface area contributed by atoms with Crippen LogP contribution in [-0.4, -0.2) is 40.3 Å². The van der Waals surface area contributed by atoms with Gasteiger partial charge in [0.05, 0.1) is 22.7 Å². The zero-order chi connectivity index (χ0) is 28.0.